The number of carbonyl (C=O) groups is 2. The first kappa shape index (κ1) is 32.7. The second-order valence-electron chi connectivity index (χ2n) is 12.5. The van der Waals surface area contributed by atoms with Gasteiger partial charge in [0.1, 0.15) is 37.4 Å². The Kier molecular flexibility index (Phi) is 10.6. The average Bonchev–Trinajstić information content (AvgIpc) is 2.87. The van der Waals surface area contributed by atoms with Crippen molar-refractivity contribution in [1.82, 2.24) is 0 Å². The van der Waals surface area contributed by atoms with Crippen LogP contribution in [0.2, 0.25) is 0 Å². The first-order chi connectivity index (χ1) is 18.6. The SMILES string of the molecule is C=C1[C@@H](O[C@H]2O[C@@H](COC(=O)CC(=O)O)[C@H](O)[C@@H](O)[C@@H]2O)C[C@@H]2C(C)(C)[C@@H](O)CC[C@]2(C)[C@@H]1CC/C(C)=C\CO. The number of rotatable bonds is 10. The lowest BCUT2D eigenvalue weighted by atomic mass is 9.46. The van der Waals surface area contributed by atoms with E-state index < -0.39 is 73.3 Å². The number of carboxylic acids is 1. The Morgan fingerprint density at radius 2 is 1.80 bits per heavy atom. The van der Waals surface area contributed by atoms with Crippen LogP contribution in [0.1, 0.15) is 66.2 Å². The molecule has 2 aliphatic carbocycles. The van der Waals surface area contributed by atoms with Gasteiger partial charge in [0.15, 0.2) is 6.29 Å². The molecule has 0 radical (unpaired) electrons. The van der Waals surface area contributed by atoms with Crippen LogP contribution in [0.3, 0.4) is 0 Å². The van der Waals surface area contributed by atoms with E-state index in [-0.39, 0.29) is 23.9 Å². The van der Waals surface area contributed by atoms with Crippen LogP contribution in [-0.2, 0) is 23.8 Å². The van der Waals surface area contributed by atoms with Crippen molar-refractivity contribution in [1.29, 1.82) is 0 Å². The predicted molar refractivity (Wildman–Crippen MR) is 143 cm³/mol. The minimum absolute atomic E-state index is 0.00548. The molecule has 1 aliphatic heterocycles. The van der Waals surface area contributed by atoms with Crippen molar-refractivity contribution in [3.8, 4) is 0 Å². The zero-order chi connectivity index (χ0) is 30.0. The van der Waals surface area contributed by atoms with Gasteiger partial charge in [-0.3, -0.25) is 9.59 Å². The van der Waals surface area contributed by atoms with Gasteiger partial charge in [-0.2, -0.15) is 0 Å². The number of hydrogen-bond donors (Lipinski definition) is 6. The molecule has 3 aliphatic rings. The molecule has 2 saturated carbocycles. The van der Waals surface area contributed by atoms with Gasteiger partial charge in [0.25, 0.3) is 0 Å². The van der Waals surface area contributed by atoms with E-state index in [2.05, 4.69) is 13.5 Å². The summed E-state index contributed by atoms with van der Waals surface area (Å²) < 4.78 is 16.9. The summed E-state index contributed by atoms with van der Waals surface area (Å²) >= 11 is 0. The average molecular weight is 571 g/mol. The van der Waals surface area contributed by atoms with Gasteiger partial charge in [-0.1, -0.05) is 39.0 Å². The maximum Gasteiger partial charge on any atom is 0.317 e. The molecule has 10 atom stereocenters. The Morgan fingerprint density at radius 3 is 2.42 bits per heavy atom. The summed E-state index contributed by atoms with van der Waals surface area (Å²) in [6, 6.07) is 0. The number of esters is 1. The van der Waals surface area contributed by atoms with Crippen LogP contribution in [0.5, 0.6) is 0 Å². The lowest BCUT2D eigenvalue weighted by Crippen LogP contribution is -2.61. The summed E-state index contributed by atoms with van der Waals surface area (Å²) in [5.74, 6) is -2.39. The van der Waals surface area contributed by atoms with Crippen LogP contribution in [0.4, 0.5) is 0 Å². The molecule has 3 fully saturated rings. The van der Waals surface area contributed by atoms with E-state index in [4.69, 9.17) is 19.3 Å². The first-order valence-electron chi connectivity index (χ1n) is 14.0. The number of aliphatic hydroxyl groups excluding tert-OH is 5. The normalized spacial score (nSPS) is 39.9. The number of fused-ring (bicyclic) bond motifs is 1. The molecule has 0 amide bonds. The molecule has 0 spiro atoms. The summed E-state index contributed by atoms with van der Waals surface area (Å²) in [5, 5.41) is 60.6. The summed E-state index contributed by atoms with van der Waals surface area (Å²) in [7, 11) is 0. The molecule has 11 heteroatoms. The zero-order valence-corrected chi connectivity index (χ0v) is 23.9. The standard InChI is InChI=1S/C29H46O11/c1-15(9-11-30)6-7-17-16(2)18(12-20-28(3,4)21(31)8-10-29(17,20)5)39-27-26(37)25(36)24(35)19(40-27)14-38-23(34)13-22(32)33/h9,17-21,24-27,30-31,35-37H,2,6-8,10-14H2,1,3-5H3,(H,32,33)/b15-9-/t17-,18+,19+,20-,21+,24+,25-,26+,27+,29-/m1/s1. The van der Waals surface area contributed by atoms with Crippen LogP contribution in [0.15, 0.2) is 23.8 Å². The second kappa shape index (κ2) is 13.0. The van der Waals surface area contributed by atoms with Crippen molar-refractivity contribution in [2.75, 3.05) is 13.2 Å². The number of hydrogen-bond acceptors (Lipinski definition) is 10. The molecular weight excluding hydrogens is 524 g/mol. The van der Waals surface area contributed by atoms with Crippen molar-refractivity contribution < 1.29 is 54.4 Å². The molecule has 1 saturated heterocycles. The molecule has 0 bridgehead atoms. The molecule has 11 nitrogen and oxygen atoms in total. The molecule has 0 unspecified atom stereocenters. The number of ether oxygens (including phenoxy) is 3. The molecular formula is C29H46O11. The topological polar surface area (TPSA) is 183 Å². The Labute approximate surface area is 235 Å². The molecule has 40 heavy (non-hydrogen) atoms. The third-order valence-corrected chi connectivity index (χ3v) is 9.55. The van der Waals surface area contributed by atoms with Crippen molar-refractivity contribution in [3.05, 3.63) is 23.8 Å². The number of carboxylic acid groups (broad SMARTS) is 1. The smallest absolute Gasteiger partial charge is 0.317 e. The highest BCUT2D eigenvalue weighted by Crippen LogP contribution is 2.62. The van der Waals surface area contributed by atoms with Gasteiger partial charge in [-0.05, 0) is 67.3 Å². The van der Waals surface area contributed by atoms with Crippen LogP contribution >= 0.6 is 0 Å². The summed E-state index contributed by atoms with van der Waals surface area (Å²) in [5.41, 5.74) is 1.24. The van der Waals surface area contributed by atoms with Gasteiger partial charge in [0.05, 0.1) is 18.8 Å². The molecule has 228 valence electrons. The lowest BCUT2D eigenvalue weighted by Gasteiger charge is -2.61. The summed E-state index contributed by atoms with van der Waals surface area (Å²) in [4.78, 5) is 22.4. The van der Waals surface area contributed by atoms with Gasteiger partial charge >= 0.3 is 11.9 Å². The van der Waals surface area contributed by atoms with Crippen molar-refractivity contribution in [3.63, 3.8) is 0 Å². The van der Waals surface area contributed by atoms with Crippen molar-refractivity contribution >= 4 is 11.9 Å². The van der Waals surface area contributed by atoms with Crippen LogP contribution in [-0.4, -0.2) is 98.7 Å². The third-order valence-electron chi connectivity index (χ3n) is 9.55. The fourth-order valence-electron chi connectivity index (χ4n) is 7.05. The lowest BCUT2D eigenvalue weighted by molar-refractivity contribution is -0.314. The Balaban J connectivity index is 1.83. The Morgan fingerprint density at radius 1 is 1.12 bits per heavy atom. The molecule has 0 aromatic rings. The number of aliphatic hydroxyl groups is 5. The van der Waals surface area contributed by atoms with E-state index in [1.54, 1.807) is 6.08 Å². The number of carbonyl (C=O) groups excluding carboxylic acids is 1. The van der Waals surface area contributed by atoms with E-state index >= 15 is 0 Å². The fourth-order valence-corrected chi connectivity index (χ4v) is 7.05. The monoisotopic (exact) mass is 570 g/mol. The predicted octanol–water partition coefficient (Wildman–Crippen LogP) is 1.30. The van der Waals surface area contributed by atoms with Gasteiger partial charge < -0.3 is 44.8 Å². The van der Waals surface area contributed by atoms with E-state index in [0.29, 0.717) is 12.8 Å². The molecule has 6 N–H and O–H groups in total. The van der Waals surface area contributed by atoms with Crippen molar-refractivity contribution in [2.45, 2.75) is 109 Å². The van der Waals surface area contributed by atoms with Crippen LogP contribution in [0.25, 0.3) is 0 Å². The minimum Gasteiger partial charge on any atom is -0.481 e. The maximum atomic E-state index is 11.7. The Bertz CT molecular complexity index is 962. The second-order valence-corrected chi connectivity index (χ2v) is 12.5. The highest BCUT2D eigenvalue weighted by molar-refractivity contribution is 5.90. The van der Waals surface area contributed by atoms with Gasteiger partial charge in [0.2, 0.25) is 0 Å². The quantitative estimate of drug-likeness (QED) is 0.0963. The molecule has 0 aromatic heterocycles. The van der Waals surface area contributed by atoms with E-state index in [9.17, 15) is 35.1 Å². The minimum atomic E-state index is -1.67. The van der Waals surface area contributed by atoms with Gasteiger partial charge in [0, 0.05) is 0 Å². The molecule has 0 aromatic carbocycles. The Hall–Kier alpha value is -1.86. The van der Waals surface area contributed by atoms with Crippen LogP contribution in [0, 0.1) is 22.7 Å². The summed E-state index contributed by atoms with van der Waals surface area (Å²) in [6.07, 6.45) is -4.30. The summed E-state index contributed by atoms with van der Waals surface area (Å²) in [6.45, 7) is 12.1. The third kappa shape index (κ3) is 6.78. The van der Waals surface area contributed by atoms with Gasteiger partial charge in [-0.15, -0.1) is 0 Å². The number of allylic oxidation sites excluding steroid dienone is 1. The highest BCUT2D eigenvalue weighted by atomic mass is 16.7. The fraction of sp³-hybridized carbons (Fsp3) is 0.793. The van der Waals surface area contributed by atoms with Crippen LogP contribution < -0.4 is 0 Å². The van der Waals surface area contributed by atoms with Crippen molar-refractivity contribution in [2.24, 2.45) is 22.7 Å². The van der Waals surface area contributed by atoms with E-state index in [1.165, 1.54) is 0 Å². The van der Waals surface area contributed by atoms with Gasteiger partial charge in [-0.25, -0.2) is 0 Å². The number of aliphatic carboxylic acids is 1. The van der Waals surface area contributed by atoms with E-state index in [0.717, 1.165) is 30.4 Å². The largest absolute Gasteiger partial charge is 0.481 e. The first-order valence-corrected chi connectivity index (χ1v) is 14.0. The highest BCUT2D eigenvalue weighted by Gasteiger charge is 2.58. The van der Waals surface area contributed by atoms with E-state index in [1.807, 2.05) is 20.8 Å². The maximum absolute atomic E-state index is 11.7. The molecule has 3 rings (SSSR count). The zero-order valence-electron chi connectivity index (χ0n) is 23.9. The molecule has 1 heterocycles.